The minimum absolute atomic E-state index is 0.00631. The van der Waals surface area contributed by atoms with Gasteiger partial charge in [0.1, 0.15) is 6.26 Å². The lowest BCUT2D eigenvalue weighted by Crippen LogP contribution is -2.50. The van der Waals surface area contributed by atoms with Crippen molar-refractivity contribution < 1.29 is 14.0 Å². The molecule has 0 atom stereocenters. The van der Waals surface area contributed by atoms with E-state index in [0.29, 0.717) is 36.6 Å². The Kier molecular flexibility index (Phi) is 4.70. The molecule has 0 aromatic carbocycles. The van der Waals surface area contributed by atoms with E-state index in [0.717, 1.165) is 8.26 Å². The van der Waals surface area contributed by atoms with Crippen LogP contribution < -0.4 is 0 Å². The number of rotatable bonds is 2. The molecule has 0 aliphatic carbocycles. The molecule has 0 unspecified atom stereocenters. The van der Waals surface area contributed by atoms with Gasteiger partial charge in [-0.3, -0.25) is 9.59 Å². The van der Waals surface area contributed by atoms with E-state index in [2.05, 4.69) is 31.9 Å². The van der Waals surface area contributed by atoms with E-state index in [1.807, 2.05) is 6.07 Å². The maximum atomic E-state index is 12.4. The molecule has 1 fully saturated rings. The molecule has 2 aromatic rings. The fourth-order valence-corrected chi connectivity index (χ4v) is 4.29. The normalized spacial score (nSPS) is 15.2. The summed E-state index contributed by atoms with van der Waals surface area (Å²) in [5.41, 5.74) is 0.547. The Hall–Kier alpha value is -1.12. The van der Waals surface area contributed by atoms with Crippen molar-refractivity contribution in [3.63, 3.8) is 0 Å². The minimum Gasteiger partial charge on any atom is -0.472 e. The molecule has 5 nitrogen and oxygen atoms in total. The molecule has 0 N–H and O–H groups in total. The van der Waals surface area contributed by atoms with E-state index < -0.39 is 0 Å². The van der Waals surface area contributed by atoms with Crippen LogP contribution in [0.2, 0.25) is 0 Å². The molecule has 2 amide bonds. The van der Waals surface area contributed by atoms with Crippen molar-refractivity contribution in [3.05, 3.63) is 43.4 Å². The first-order valence-corrected chi connectivity index (χ1v) is 9.02. The van der Waals surface area contributed by atoms with Crippen molar-refractivity contribution in [1.29, 1.82) is 0 Å². The van der Waals surface area contributed by atoms with Crippen molar-refractivity contribution in [1.82, 2.24) is 9.80 Å². The van der Waals surface area contributed by atoms with Crippen LogP contribution in [-0.2, 0) is 0 Å². The number of carbonyl (C=O) groups is 2. The molecule has 0 bridgehead atoms. The quantitative estimate of drug-likeness (QED) is 0.708. The van der Waals surface area contributed by atoms with Crippen molar-refractivity contribution in [3.8, 4) is 0 Å². The molecule has 0 saturated carbocycles. The Balaban J connectivity index is 1.62. The van der Waals surface area contributed by atoms with Crippen LogP contribution in [0.25, 0.3) is 0 Å². The maximum absolute atomic E-state index is 12.4. The minimum atomic E-state index is -0.0533. The van der Waals surface area contributed by atoms with Crippen molar-refractivity contribution in [2.75, 3.05) is 26.2 Å². The molecule has 8 heteroatoms. The number of halogens is 2. The fourth-order valence-electron chi connectivity index (χ4n) is 2.29. The summed E-state index contributed by atoms with van der Waals surface area (Å²) >= 11 is 8.20. The number of hydrogen-bond acceptors (Lipinski definition) is 4. The molecule has 1 aliphatic heterocycles. The van der Waals surface area contributed by atoms with E-state index in [1.54, 1.807) is 15.9 Å². The first-order valence-electron chi connectivity index (χ1n) is 6.62. The Bertz CT molecular complexity index is 672. The fraction of sp³-hybridized carbons (Fsp3) is 0.286. The number of piperazine rings is 1. The summed E-state index contributed by atoms with van der Waals surface area (Å²) in [4.78, 5) is 28.9. The van der Waals surface area contributed by atoms with Crippen LogP contribution in [-0.4, -0.2) is 47.8 Å². The summed E-state index contributed by atoms with van der Waals surface area (Å²) in [6.07, 6.45) is 2.93. The summed E-state index contributed by atoms with van der Waals surface area (Å²) in [5, 5.41) is 0. The average molecular weight is 448 g/mol. The van der Waals surface area contributed by atoms with Crippen LogP contribution >= 0.6 is 43.2 Å². The van der Waals surface area contributed by atoms with Crippen LogP contribution in [0.4, 0.5) is 0 Å². The number of hydrogen-bond donors (Lipinski definition) is 0. The van der Waals surface area contributed by atoms with Crippen molar-refractivity contribution in [2.24, 2.45) is 0 Å². The number of thiophene rings is 1. The lowest BCUT2D eigenvalue weighted by Gasteiger charge is -2.34. The standard InChI is InChI=1S/C14H12Br2N2O3S/c15-10-7-11(22-12(10)16)14(20)18-4-2-17(3-5-18)13(19)9-1-6-21-8-9/h1,6-8H,2-5H2. The molecule has 2 aromatic heterocycles. The third-order valence-electron chi connectivity index (χ3n) is 3.48. The van der Waals surface area contributed by atoms with Crippen LogP contribution in [0.15, 0.2) is 37.3 Å². The molecule has 3 heterocycles. The average Bonchev–Trinajstić information content (AvgIpc) is 3.17. The van der Waals surface area contributed by atoms with E-state index in [4.69, 9.17) is 4.42 Å². The van der Waals surface area contributed by atoms with Gasteiger partial charge in [0.05, 0.1) is 20.5 Å². The monoisotopic (exact) mass is 446 g/mol. The molecular weight excluding hydrogens is 436 g/mol. The van der Waals surface area contributed by atoms with Gasteiger partial charge in [0.15, 0.2) is 0 Å². The first kappa shape index (κ1) is 15.8. The second kappa shape index (κ2) is 6.55. The Morgan fingerprint density at radius 2 is 1.73 bits per heavy atom. The number of carbonyl (C=O) groups excluding carboxylic acids is 2. The van der Waals surface area contributed by atoms with Gasteiger partial charge in [-0.05, 0) is 44.0 Å². The van der Waals surface area contributed by atoms with Crippen molar-refractivity contribution in [2.45, 2.75) is 0 Å². The molecule has 3 rings (SSSR count). The maximum Gasteiger partial charge on any atom is 0.264 e. The lowest BCUT2D eigenvalue weighted by atomic mass is 10.2. The van der Waals surface area contributed by atoms with Crippen LogP contribution in [0.5, 0.6) is 0 Å². The van der Waals surface area contributed by atoms with Crippen LogP contribution in [0.3, 0.4) is 0 Å². The summed E-state index contributed by atoms with van der Waals surface area (Å²) in [7, 11) is 0. The predicted octanol–water partition coefficient (Wildman–Crippen LogP) is 3.46. The van der Waals surface area contributed by atoms with Crippen LogP contribution in [0, 0.1) is 0 Å². The molecular formula is C14H12Br2N2O3S. The molecule has 1 saturated heterocycles. The topological polar surface area (TPSA) is 53.8 Å². The highest BCUT2D eigenvalue weighted by Gasteiger charge is 2.26. The van der Waals surface area contributed by atoms with E-state index in [1.165, 1.54) is 23.9 Å². The molecule has 22 heavy (non-hydrogen) atoms. The third-order valence-corrected chi connectivity index (χ3v) is 6.72. The summed E-state index contributed by atoms with van der Waals surface area (Å²) in [5.74, 6) is -0.0470. The summed E-state index contributed by atoms with van der Waals surface area (Å²) < 4.78 is 6.73. The van der Waals surface area contributed by atoms with Gasteiger partial charge in [0.2, 0.25) is 0 Å². The Morgan fingerprint density at radius 1 is 1.09 bits per heavy atom. The second-order valence-corrected chi connectivity index (χ2v) is 8.05. The zero-order valence-electron chi connectivity index (χ0n) is 11.4. The highest BCUT2D eigenvalue weighted by molar-refractivity contribution is 9.13. The number of nitrogens with zero attached hydrogens (tertiary/aromatic N) is 2. The summed E-state index contributed by atoms with van der Waals surface area (Å²) in [6.45, 7) is 2.14. The molecule has 0 spiro atoms. The van der Waals surface area contributed by atoms with Gasteiger partial charge in [-0.2, -0.15) is 0 Å². The smallest absolute Gasteiger partial charge is 0.264 e. The van der Waals surface area contributed by atoms with Gasteiger partial charge in [-0.25, -0.2) is 0 Å². The number of furan rings is 1. The Labute approximate surface area is 148 Å². The van der Waals surface area contributed by atoms with E-state index in [-0.39, 0.29) is 11.8 Å². The Morgan fingerprint density at radius 3 is 2.23 bits per heavy atom. The van der Waals surface area contributed by atoms with Gasteiger partial charge in [-0.15, -0.1) is 11.3 Å². The zero-order chi connectivity index (χ0) is 15.7. The highest BCUT2D eigenvalue weighted by atomic mass is 79.9. The van der Waals surface area contributed by atoms with Gasteiger partial charge >= 0.3 is 0 Å². The number of amides is 2. The van der Waals surface area contributed by atoms with Gasteiger partial charge in [0.25, 0.3) is 11.8 Å². The largest absolute Gasteiger partial charge is 0.472 e. The van der Waals surface area contributed by atoms with Gasteiger partial charge in [0, 0.05) is 30.7 Å². The second-order valence-electron chi connectivity index (χ2n) is 4.83. The first-order chi connectivity index (χ1) is 10.6. The van der Waals surface area contributed by atoms with Gasteiger partial charge in [-0.1, -0.05) is 0 Å². The zero-order valence-corrected chi connectivity index (χ0v) is 15.4. The predicted molar refractivity (Wildman–Crippen MR) is 90.2 cm³/mol. The van der Waals surface area contributed by atoms with Gasteiger partial charge < -0.3 is 14.2 Å². The van der Waals surface area contributed by atoms with E-state index >= 15 is 0 Å². The van der Waals surface area contributed by atoms with Crippen molar-refractivity contribution >= 4 is 55.0 Å². The lowest BCUT2D eigenvalue weighted by molar-refractivity contribution is 0.0537. The summed E-state index contributed by atoms with van der Waals surface area (Å²) in [6, 6.07) is 3.47. The van der Waals surface area contributed by atoms with E-state index in [9.17, 15) is 9.59 Å². The molecule has 0 radical (unpaired) electrons. The highest BCUT2D eigenvalue weighted by Crippen LogP contribution is 2.33. The third kappa shape index (κ3) is 3.13. The SMILES string of the molecule is O=C(c1ccoc1)N1CCN(C(=O)c2cc(Br)c(Br)s2)CC1. The molecule has 1 aliphatic rings. The van der Waals surface area contributed by atoms with Crippen LogP contribution in [0.1, 0.15) is 20.0 Å². The molecule has 116 valence electrons.